The number of nitrogens with one attached hydrogen (secondary N) is 1. The van der Waals surface area contributed by atoms with E-state index in [9.17, 15) is 9.59 Å². The zero-order valence-corrected chi connectivity index (χ0v) is 17.3. The summed E-state index contributed by atoms with van der Waals surface area (Å²) < 4.78 is 7.11. The SMILES string of the molecule is Cc1cc(C(=O)NC2CCN(C(=O)CN3CCOCC3)CC2)nc(-n2ccnc2)c1. The highest BCUT2D eigenvalue weighted by atomic mass is 16.5. The summed E-state index contributed by atoms with van der Waals surface area (Å²) in [5.41, 5.74) is 1.35. The van der Waals surface area contributed by atoms with Gasteiger partial charge in [0.25, 0.3) is 5.91 Å². The topological polar surface area (TPSA) is 92.6 Å². The number of hydrogen-bond acceptors (Lipinski definition) is 6. The third-order valence-electron chi connectivity index (χ3n) is 5.60. The minimum Gasteiger partial charge on any atom is -0.379 e. The van der Waals surface area contributed by atoms with Crippen LogP contribution in [0, 0.1) is 6.92 Å². The first-order chi connectivity index (χ1) is 14.6. The predicted molar refractivity (Wildman–Crippen MR) is 110 cm³/mol. The van der Waals surface area contributed by atoms with Crippen LogP contribution in [-0.2, 0) is 9.53 Å². The molecule has 30 heavy (non-hydrogen) atoms. The fourth-order valence-corrected chi connectivity index (χ4v) is 3.88. The lowest BCUT2D eigenvalue weighted by Gasteiger charge is -2.34. The van der Waals surface area contributed by atoms with Crippen molar-refractivity contribution < 1.29 is 14.3 Å². The number of aryl methyl sites for hydroxylation is 1. The van der Waals surface area contributed by atoms with Crippen molar-refractivity contribution >= 4 is 11.8 Å². The van der Waals surface area contributed by atoms with Crippen LogP contribution in [0.4, 0.5) is 0 Å². The van der Waals surface area contributed by atoms with Gasteiger partial charge in [0, 0.05) is 44.6 Å². The van der Waals surface area contributed by atoms with Gasteiger partial charge in [-0.25, -0.2) is 9.97 Å². The fraction of sp³-hybridized carbons (Fsp3) is 0.524. The van der Waals surface area contributed by atoms with Gasteiger partial charge in [0.1, 0.15) is 17.8 Å². The van der Waals surface area contributed by atoms with Gasteiger partial charge < -0.3 is 15.0 Å². The van der Waals surface area contributed by atoms with Gasteiger partial charge >= 0.3 is 0 Å². The number of imidazole rings is 1. The molecule has 2 aromatic rings. The van der Waals surface area contributed by atoms with Crippen molar-refractivity contribution in [3.05, 3.63) is 42.1 Å². The molecule has 2 saturated heterocycles. The van der Waals surface area contributed by atoms with Crippen LogP contribution in [0.1, 0.15) is 28.9 Å². The number of ether oxygens (including phenoxy) is 1. The first kappa shape index (κ1) is 20.5. The van der Waals surface area contributed by atoms with E-state index in [1.807, 2.05) is 17.9 Å². The predicted octanol–water partition coefficient (Wildman–Crippen LogP) is 0.629. The molecule has 2 aromatic heterocycles. The van der Waals surface area contributed by atoms with E-state index in [1.54, 1.807) is 29.4 Å². The van der Waals surface area contributed by atoms with Gasteiger partial charge in [-0.2, -0.15) is 0 Å². The third kappa shape index (κ3) is 5.03. The number of amides is 2. The molecule has 4 rings (SSSR count). The molecule has 9 nitrogen and oxygen atoms in total. The van der Waals surface area contributed by atoms with Crippen LogP contribution >= 0.6 is 0 Å². The summed E-state index contributed by atoms with van der Waals surface area (Å²) in [4.78, 5) is 37.9. The van der Waals surface area contributed by atoms with Gasteiger partial charge in [-0.3, -0.25) is 19.1 Å². The van der Waals surface area contributed by atoms with E-state index in [0.29, 0.717) is 44.4 Å². The van der Waals surface area contributed by atoms with E-state index >= 15 is 0 Å². The summed E-state index contributed by atoms with van der Waals surface area (Å²) >= 11 is 0. The van der Waals surface area contributed by atoms with Gasteiger partial charge in [-0.05, 0) is 37.5 Å². The maximum absolute atomic E-state index is 12.8. The summed E-state index contributed by atoms with van der Waals surface area (Å²) in [5, 5.41) is 3.08. The van der Waals surface area contributed by atoms with Crippen LogP contribution < -0.4 is 5.32 Å². The zero-order chi connectivity index (χ0) is 20.9. The van der Waals surface area contributed by atoms with Crippen LogP contribution in [-0.4, -0.2) is 88.1 Å². The quantitative estimate of drug-likeness (QED) is 0.774. The molecular formula is C21H28N6O3. The number of nitrogens with zero attached hydrogens (tertiary/aromatic N) is 5. The summed E-state index contributed by atoms with van der Waals surface area (Å²) in [6.07, 6.45) is 6.64. The molecule has 2 aliphatic heterocycles. The molecule has 0 unspecified atom stereocenters. The van der Waals surface area contributed by atoms with Gasteiger partial charge in [-0.1, -0.05) is 0 Å². The highest BCUT2D eigenvalue weighted by Crippen LogP contribution is 2.14. The molecule has 160 valence electrons. The van der Waals surface area contributed by atoms with Crippen molar-refractivity contribution in [2.75, 3.05) is 45.9 Å². The monoisotopic (exact) mass is 412 g/mol. The smallest absolute Gasteiger partial charge is 0.270 e. The molecule has 0 aromatic carbocycles. The summed E-state index contributed by atoms with van der Waals surface area (Å²) in [6.45, 7) is 6.72. The number of aromatic nitrogens is 3. The van der Waals surface area contributed by atoms with Crippen LogP contribution in [0.2, 0.25) is 0 Å². The van der Waals surface area contributed by atoms with Crippen molar-refractivity contribution in [1.29, 1.82) is 0 Å². The number of carbonyl (C=O) groups is 2. The van der Waals surface area contributed by atoms with Gasteiger partial charge in [0.2, 0.25) is 5.91 Å². The van der Waals surface area contributed by atoms with Crippen LogP contribution in [0.25, 0.3) is 5.82 Å². The Morgan fingerprint density at radius 3 is 2.63 bits per heavy atom. The molecule has 1 N–H and O–H groups in total. The summed E-state index contributed by atoms with van der Waals surface area (Å²) in [6, 6.07) is 3.75. The highest BCUT2D eigenvalue weighted by Gasteiger charge is 2.26. The lowest BCUT2D eigenvalue weighted by atomic mass is 10.0. The number of rotatable bonds is 5. The Labute approximate surface area is 176 Å². The second kappa shape index (κ2) is 9.36. The molecule has 0 aliphatic carbocycles. The van der Waals surface area contributed by atoms with E-state index in [2.05, 4.69) is 20.2 Å². The molecule has 2 fully saturated rings. The summed E-state index contributed by atoms with van der Waals surface area (Å²) in [5.74, 6) is 0.645. The van der Waals surface area contributed by atoms with Crippen LogP contribution in [0.3, 0.4) is 0 Å². The maximum Gasteiger partial charge on any atom is 0.270 e. The van der Waals surface area contributed by atoms with Crippen molar-refractivity contribution in [3.8, 4) is 5.82 Å². The summed E-state index contributed by atoms with van der Waals surface area (Å²) in [7, 11) is 0. The Hall–Kier alpha value is -2.78. The Kier molecular flexibility index (Phi) is 6.39. The molecule has 2 amide bonds. The molecule has 0 bridgehead atoms. The Bertz CT molecular complexity index is 871. The molecular weight excluding hydrogens is 384 g/mol. The van der Waals surface area contributed by atoms with Crippen molar-refractivity contribution in [2.45, 2.75) is 25.8 Å². The average Bonchev–Trinajstić information content (AvgIpc) is 3.29. The number of morpholine rings is 1. The normalized spacial score (nSPS) is 18.4. The molecule has 0 atom stereocenters. The molecule has 4 heterocycles. The lowest BCUT2D eigenvalue weighted by molar-refractivity contribution is -0.134. The standard InChI is InChI=1S/C21H28N6O3/c1-16-12-18(24-19(13-16)27-7-4-22-15-27)21(29)23-17-2-5-26(6-3-17)20(28)14-25-8-10-30-11-9-25/h4,7,12-13,15,17H,2-3,5-6,8-11,14H2,1H3,(H,23,29). The van der Waals surface area contributed by atoms with E-state index < -0.39 is 0 Å². The second-order valence-electron chi connectivity index (χ2n) is 7.87. The number of piperidine rings is 1. The van der Waals surface area contributed by atoms with E-state index in [1.165, 1.54) is 0 Å². The number of likely N-dealkylation sites (tertiary alicyclic amines) is 1. The molecule has 0 saturated carbocycles. The fourth-order valence-electron chi connectivity index (χ4n) is 3.88. The Balaban J connectivity index is 1.30. The minimum atomic E-state index is -0.182. The first-order valence-corrected chi connectivity index (χ1v) is 10.4. The molecule has 0 radical (unpaired) electrons. The molecule has 2 aliphatic rings. The van der Waals surface area contributed by atoms with E-state index in [0.717, 1.165) is 31.5 Å². The Morgan fingerprint density at radius 1 is 1.17 bits per heavy atom. The molecule has 0 spiro atoms. The second-order valence-corrected chi connectivity index (χ2v) is 7.87. The number of carbonyl (C=O) groups excluding carboxylic acids is 2. The average molecular weight is 412 g/mol. The van der Waals surface area contributed by atoms with Gasteiger partial charge in [0.15, 0.2) is 0 Å². The number of hydrogen-bond donors (Lipinski definition) is 1. The van der Waals surface area contributed by atoms with Crippen LogP contribution in [0.15, 0.2) is 30.9 Å². The first-order valence-electron chi connectivity index (χ1n) is 10.4. The van der Waals surface area contributed by atoms with Crippen molar-refractivity contribution in [3.63, 3.8) is 0 Å². The van der Waals surface area contributed by atoms with Gasteiger partial charge in [0.05, 0.1) is 19.8 Å². The van der Waals surface area contributed by atoms with Crippen molar-refractivity contribution in [1.82, 2.24) is 29.7 Å². The largest absolute Gasteiger partial charge is 0.379 e. The van der Waals surface area contributed by atoms with E-state index in [-0.39, 0.29) is 17.9 Å². The third-order valence-corrected chi connectivity index (χ3v) is 5.60. The molecule has 9 heteroatoms. The minimum absolute atomic E-state index is 0.0453. The highest BCUT2D eigenvalue weighted by molar-refractivity contribution is 5.93. The lowest BCUT2D eigenvalue weighted by Crippen LogP contribution is -2.50. The van der Waals surface area contributed by atoms with Crippen molar-refractivity contribution in [2.24, 2.45) is 0 Å². The zero-order valence-electron chi connectivity index (χ0n) is 17.3. The van der Waals surface area contributed by atoms with Crippen LogP contribution in [0.5, 0.6) is 0 Å². The Morgan fingerprint density at radius 2 is 1.93 bits per heavy atom. The van der Waals surface area contributed by atoms with E-state index in [4.69, 9.17) is 4.74 Å². The number of pyridine rings is 1. The van der Waals surface area contributed by atoms with Gasteiger partial charge in [-0.15, -0.1) is 0 Å². The maximum atomic E-state index is 12.8.